The summed E-state index contributed by atoms with van der Waals surface area (Å²) in [4.78, 5) is 11.6. The molecule has 0 amide bonds. The molecule has 0 saturated heterocycles. The van der Waals surface area contributed by atoms with Gasteiger partial charge < -0.3 is 0 Å². The van der Waals surface area contributed by atoms with Crippen LogP contribution in [0.3, 0.4) is 0 Å². The molecule has 0 bridgehead atoms. The molecule has 74 valence electrons. The molecule has 0 atom stereocenters. The molecule has 2 rings (SSSR count). The third-order valence-electron chi connectivity index (χ3n) is 3.32. The molecule has 14 heavy (non-hydrogen) atoms. The Morgan fingerprint density at radius 3 is 2.36 bits per heavy atom. The van der Waals surface area contributed by atoms with E-state index in [4.69, 9.17) is 0 Å². The van der Waals surface area contributed by atoms with Crippen LogP contribution in [0.5, 0.6) is 0 Å². The molecular weight excluding hydrogens is 172 g/mol. The molecule has 0 aromatic heterocycles. The molecule has 0 spiro atoms. The van der Waals surface area contributed by atoms with Crippen LogP contribution in [0.25, 0.3) is 0 Å². The molecular formula is C13H16O. The Balaban J connectivity index is 2.47. The number of aryl methyl sites for hydroxylation is 2. The first-order valence-electron chi connectivity index (χ1n) is 5.15. The second-order valence-electron chi connectivity index (χ2n) is 4.46. The van der Waals surface area contributed by atoms with Crippen LogP contribution in [-0.4, -0.2) is 5.78 Å². The number of benzene rings is 1. The second-order valence-corrected chi connectivity index (χ2v) is 4.46. The molecule has 1 aliphatic rings. The zero-order valence-corrected chi connectivity index (χ0v) is 9.05. The summed E-state index contributed by atoms with van der Waals surface area (Å²) >= 11 is 0. The van der Waals surface area contributed by atoms with E-state index in [0.29, 0.717) is 5.78 Å². The van der Waals surface area contributed by atoms with Crippen molar-refractivity contribution in [2.45, 2.75) is 39.0 Å². The molecule has 1 aromatic rings. The fourth-order valence-corrected chi connectivity index (χ4v) is 2.29. The van der Waals surface area contributed by atoms with Crippen molar-refractivity contribution in [1.82, 2.24) is 0 Å². The Labute approximate surface area is 85.1 Å². The van der Waals surface area contributed by atoms with Gasteiger partial charge in [0, 0.05) is 0 Å². The van der Waals surface area contributed by atoms with Crippen molar-refractivity contribution in [3.8, 4) is 0 Å². The van der Waals surface area contributed by atoms with Gasteiger partial charge in [0.2, 0.25) is 0 Å². The van der Waals surface area contributed by atoms with Gasteiger partial charge in [-0.1, -0.05) is 23.8 Å². The van der Waals surface area contributed by atoms with E-state index in [1.54, 1.807) is 6.92 Å². The predicted molar refractivity (Wildman–Crippen MR) is 57.5 cm³/mol. The summed E-state index contributed by atoms with van der Waals surface area (Å²) in [6.45, 7) is 5.90. The van der Waals surface area contributed by atoms with Gasteiger partial charge >= 0.3 is 0 Å². The third kappa shape index (κ3) is 1.28. The highest BCUT2D eigenvalue weighted by molar-refractivity contribution is 5.91. The number of carbonyl (C=O) groups is 1. The molecule has 1 fully saturated rings. The molecule has 0 N–H and O–H groups in total. The summed E-state index contributed by atoms with van der Waals surface area (Å²) in [7, 11) is 0. The summed E-state index contributed by atoms with van der Waals surface area (Å²) in [6, 6.07) is 6.39. The summed E-state index contributed by atoms with van der Waals surface area (Å²) in [5.74, 6) is 0.324. The smallest absolute Gasteiger partial charge is 0.140 e. The average molecular weight is 188 g/mol. The van der Waals surface area contributed by atoms with E-state index in [1.807, 2.05) is 0 Å². The van der Waals surface area contributed by atoms with Crippen LogP contribution in [0.1, 0.15) is 36.5 Å². The third-order valence-corrected chi connectivity index (χ3v) is 3.32. The van der Waals surface area contributed by atoms with Gasteiger partial charge in [-0.25, -0.2) is 0 Å². The van der Waals surface area contributed by atoms with Gasteiger partial charge in [0.05, 0.1) is 5.41 Å². The van der Waals surface area contributed by atoms with Crippen LogP contribution in [0.2, 0.25) is 0 Å². The van der Waals surface area contributed by atoms with Gasteiger partial charge in [0.25, 0.3) is 0 Å². The van der Waals surface area contributed by atoms with Crippen molar-refractivity contribution in [2.75, 3.05) is 0 Å². The van der Waals surface area contributed by atoms with Gasteiger partial charge in [0.1, 0.15) is 5.78 Å². The topological polar surface area (TPSA) is 17.1 Å². The lowest BCUT2D eigenvalue weighted by Crippen LogP contribution is -2.18. The Morgan fingerprint density at radius 1 is 1.29 bits per heavy atom. The van der Waals surface area contributed by atoms with E-state index in [-0.39, 0.29) is 5.41 Å². The maximum Gasteiger partial charge on any atom is 0.140 e. The monoisotopic (exact) mass is 188 g/mol. The van der Waals surface area contributed by atoms with E-state index in [1.165, 1.54) is 16.7 Å². The van der Waals surface area contributed by atoms with Gasteiger partial charge in [-0.05, 0) is 44.7 Å². The fourth-order valence-electron chi connectivity index (χ4n) is 2.29. The lowest BCUT2D eigenvalue weighted by atomic mass is 9.88. The first-order chi connectivity index (χ1) is 6.56. The molecule has 0 heterocycles. The van der Waals surface area contributed by atoms with E-state index in [0.717, 1.165) is 12.8 Å². The summed E-state index contributed by atoms with van der Waals surface area (Å²) in [6.07, 6.45) is 2.07. The molecule has 0 radical (unpaired) electrons. The zero-order chi connectivity index (χ0) is 10.3. The van der Waals surface area contributed by atoms with E-state index >= 15 is 0 Å². The quantitative estimate of drug-likeness (QED) is 0.697. The zero-order valence-electron chi connectivity index (χ0n) is 9.05. The highest BCUT2D eigenvalue weighted by Crippen LogP contribution is 2.49. The second kappa shape index (κ2) is 2.94. The number of Topliss-reactive ketones (excluding diaryl/α,β-unsaturated/α-hetero) is 1. The molecule has 1 saturated carbocycles. The van der Waals surface area contributed by atoms with Gasteiger partial charge in [-0.3, -0.25) is 4.79 Å². The van der Waals surface area contributed by atoms with Crippen LogP contribution in [0, 0.1) is 13.8 Å². The van der Waals surface area contributed by atoms with E-state index in [2.05, 4.69) is 32.0 Å². The molecule has 1 nitrogen and oxygen atoms in total. The summed E-state index contributed by atoms with van der Waals surface area (Å²) in [5.41, 5.74) is 3.66. The summed E-state index contributed by atoms with van der Waals surface area (Å²) in [5, 5.41) is 0. The minimum atomic E-state index is -0.113. The minimum absolute atomic E-state index is 0.113. The molecule has 1 heteroatoms. The normalized spacial score (nSPS) is 17.9. The number of hydrogen-bond acceptors (Lipinski definition) is 1. The minimum Gasteiger partial charge on any atom is -0.299 e. The fraction of sp³-hybridized carbons (Fsp3) is 0.462. The number of hydrogen-bond donors (Lipinski definition) is 0. The predicted octanol–water partition coefficient (Wildman–Crippen LogP) is 2.92. The Morgan fingerprint density at radius 2 is 1.93 bits per heavy atom. The maximum absolute atomic E-state index is 11.6. The number of carbonyl (C=O) groups excluding carboxylic acids is 1. The van der Waals surface area contributed by atoms with Crippen LogP contribution >= 0.6 is 0 Å². The van der Waals surface area contributed by atoms with Crippen LogP contribution in [0.4, 0.5) is 0 Å². The average Bonchev–Trinajstić information content (AvgIpc) is 2.84. The first kappa shape index (κ1) is 9.45. The highest BCUT2D eigenvalue weighted by atomic mass is 16.1. The largest absolute Gasteiger partial charge is 0.299 e. The maximum atomic E-state index is 11.6. The first-order valence-corrected chi connectivity index (χ1v) is 5.15. The standard InChI is InChI=1S/C13H16O/c1-9-4-5-12(10(2)8-9)13(6-7-13)11(3)14/h4-5,8H,6-7H2,1-3H3. The highest BCUT2D eigenvalue weighted by Gasteiger charge is 2.49. The van der Waals surface area contributed by atoms with Gasteiger partial charge in [-0.15, -0.1) is 0 Å². The van der Waals surface area contributed by atoms with Crippen molar-refractivity contribution in [3.63, 3.8) is 0 Å². The van der Waals surface area contributed by atoms with Crippen molar-refractivity contribution in [3.05, 3.63) is 34.9 Å². The van der Waals surface area contributed by atoms with Crippen LogP contribution < -0.4 is 0 Å². The molecule has 1 aliphatic carbocycles. The van der Waals surface area contributed by atoms with Crippen molar-refractivity contribution in [2.24, 2.45) is 0 Å². The summed E-state index contributed by atoms with van der Waals surface area (Å²) < 4.78 is 0. The van der Waals surface area contributed by atoms with Crippen molar-refractivity contribution in [1.29, 1.82) is 0 Å². The Bertz CT molecular complexity index is 386. The van der Waals surface area contributed by atoms with Crippen LogP contribution in [-0.2, 0) is 10.2 Å². The lowest BCUT2D eigenvalue weighted by Gasteiger charge is -2.15. The Hall–Kier alpha value is -1.11. The van der Waals surface area contributed by atoms with Crippen molar-refractivity contribution >= 4 is 5.78 Å². The molecule has 0 unspecified atom stereocenters. The van der Waals surface area contributed by atoms with Gasteiger partial charge in [-0.2, -0.15) is 0 Å². The number of ketones is 1. The van der Waals surface area contributed by atoms with Gasteiger partial charge in [0.15, 0.2) is 0 Å². The van der Waals surface area contributed by atoms with Crippen LogP contribution in [0.15, 0.2) is 18.2 Å². The van der Waals surface area contributed by atoms with E-state index in [9.17, 15) is 4.79 Å². The Kier molecular flexibility index (Phi) is 1.99. The number of rotatable bonds is 2. The van der Waals surface area contributed by atoms with Crippen molar-refractivity contribution < 1.29 is 4.79 Å². The van der Waals surface area contributed by atoms with E-state index < -0.39 is 0 Å². The SMILES string of the molecule is CC(=O)C1(c2ccc(C)cc2C)CC1. The molecule has 0 aliphatic heterocycles. The molecule has 1 aromatic carbocycles. The lowest BCUT2D eigenvalue weighted by molar-refractivity contribution is -0.119.